The Kier molecular flexibility index (Phi) is 5.60. The normalized spacial score (nSPS) is 11.0. The van der Waals surface area contributed by atoms with Crippen LogP contribution in [0.1, 0.15) is 11.1 Å². The minimum Gasteiger partial charge on any atom is -0.465 e. The summed E-state index contributed by atoms with van der Waals surface area (Å²) in [7, 11) is 1.28. The predicted octanol–water partition coefficient (Wildman–Crippen LogP) is 2.61. The first-order valence-electron chi connectivity index (χ1n) is 6.95. The molecule has 0 fully saturated rings. The molecule has 0 aliphatic heterocycles. The first kappa shape index (κ1) is 15.6. The molecule has 112 valence electrons. The van der Waals surface area contributed by atoms with Gasteiger partial charge < -0.3 is 4.74 Å². The molecule has 0 saturated carbocycles. The first-order valence-corrected chi connectivity index (χ1v) is 6.95. The number of ether oxygens (including phenoxy) is 1. The topological polar surface area (TPSA) is 55.7 Å². The van der Waals surface area contributed by atoms with E-state index in [1.54, 1.807) is 0 Å². The quantitative estimate of drug-likeness (QED) is 0.629. The fourth-order valence-electron chi connectivity index (χ4n) is 2.02. The number of carbonyl (C=O) groups is 2. The second kappa shape index (κ2) is 7.88. The Morgan fingerprint density at radius 3 is 1.86 bits per heavy atom. The molecule has 0 unspecified atom stereocenters. The minimum atomic E-state index is -0.578. The Hall–Kier alpha value is -2.75. The highest BCUT2D eigenvalue weighted by atomic mass is 16.5. The number of esters is 1. The zero-order valence-corrected chi connectivity index (χ0v) is 12.4. The molecule has 0 atom stereocenters. The third-order valence-electron chi connectivity index (χ3n) is 3.09. The number of hydrogen-bond donors (Lipinski definition) is 0. The van der Waals surface area contributed by atoms with Crippen LogP contribution in [-0.4, -0.2) is 24.7 Å². The molecule has 0 N–H and O–H groups in total. The first-order chi connectivity index (χ1) is 10.7. The molecule has 2 aromatic carbocycles. The molecule has 0 spiro atoms. The standard InChI is InChI=1S/C18H17NO3/c1-22-18(21)16(12-14-8-4-2-5-9-14)19-17(20)13-15-10-6-3-7-11-15/h2-11H,12-13H2,1H3. The van der Waals surface area contributed by atoms with Crippen molar-refractivity contribution in [1.29, 1.82) is 0 Å². The Balaban J connectivity index is 2.14. The number of methoxy groups -OCH3 is 1. The van der Waals surface area contributed by atoms with Gasteiger partial charge in [-0.2, -0.15) is 0 Å². The van der Waals surface area contributed by atoms with Crippen molar-refractivity contribution in [1.82, 2.24) is 0 Å². The van der Waals surface area contributed by atoms with Crippen molar-refractivity contribution in [2.24, 2.45) is 4.99 Å². The molecule has 0 heterocycles. The molecule has 4 heteroatoms. The lowest BCUT2D eigenvalue weighted by Gasteiger charge is -2.05. The molecular formula is C18H17NO3. The maximum absolute atomic E-state index is 12.0. The van der Waals surface area contributed by atoms with Crippen LogP contribution in [-0.2, 0) is 27.2 Å². The van der Waals surface area contributed by atoms with Crippen LogP contribution in [0.2, 0.25) is 0 Å². The SMILES string of the molecule is COC(=O)C(Cc1ccccc1)=NC(=O)Cc1ccccc1. The Labute approximate surface area is 129 Å². The van der Waals surface area contributed by atoms with Crippen LogP contribution >= 0.6 is 0 Å². The number of carbonyl (C=O) groups excluding carboxylic acids is 2. The van der Waals surface area contributed by atoms with E-state index in [4.69, 9.17) is 4.74 Å². The van der Waals surface area contributed by atoms with Crippen LogP contribution in [0.3, 0.4) is 0 Å². The van der Waals surface area contributed by atoms with Crippen LogP contribution in [0.5, 0.6) is 0 Å². The lowest BCUT2D eigenvalue weighted by molar-refractivity contribution is -0.133. The second-order valence-corrected chi connectivity index (χ2v) is 4.77. The van der Waals surface area contributed by atoms with Crippen molar-refractivity contribution in [3.63, 3.8) is 0 Å². The van der Waals surface area contributed by atoms with Crippen LogP contribution in [0, 0.1) is 0 Å². The van der Waals surface area contributed by atoms with E-state index in [-0.39, 0.29) is 24.5 Å². The van der Waals surface area contributed by atoms with E-state index in [0.29, 0.717) is 0 Å². The molecule has 0 aliphatic carbocycles. The van der Waals surface area contributed by atoms with Gasteiger partial charge in [0.15, 0.2) is 0 Å². The summed E-state index contributed by atoms with van der Waals surface area (Å²) in [6, 6.07) is 18.7. The van der Waals surface area contributed by atoms with Gasteiger partial charge in [0.1, 0.15) is 5.71 Å². The lowest BCUT2D eigenvalue weighted by Crippen LogP contribution is -2.20. The maximum atomic E-state index is 12.0. The molecule has 0 aliphatic rings. The molecule has 0 saturated heterocycles. The van der Waals surface area contributed by atoms with Crippen molar-refractivity contribution in [3.05, 3.63) is 71.8 Å². The Bertz CT molecular complexity index is 663. The summed E-state index contributed by atoms with van der Waals surface area (Å²) in [5.41, 5.74) is 1.88. The fourth-order valence-corrected chi connectivity index (χ4v) is 2.02. The number of nitrogens with zero attached hydrogens (tertiary/aromatic N) is 1. The van der Waals surface area contributed by atoms with Crippen molar-refractivity contribution in [2.75, 3.05) is 7.11 Å². The zero-order chi connectivity index (χ0) is 15.8. The summed E-state index contributed by atoms with van der Waals surface area (Å²) in [4.78, 5) is 27.8. The lowest BCUT2D eigenvalue weighted by atomic mass is 10.1. The van der Waals surface area contributed by atoms with Gasteiger partial charge >= 0.3 is 5.97 Å². The van der Waals surface area contributed by atoms with E-state index < -0.39 is 5.97 Å². The van der Waals surface area contributed by atoms with Gasteiger partial charge in [0.2, 0.25) is 0 Å². The predicted molar refractivity (Wildman–Crippen MR) is 84.8 cm³/mol. The summed E-state index contributed by atoms with van der Waals surface area (Å²) < 4.78 is 4.71. The third-order valence-corrected chi connectivity index (χ3v) is 3.09. The van der Waals surface area contributed by atoms with Crippen LogP contribution in [0.4, 0.5) is 0 Å². The van der Waals surface area contributed by atoms with Crippen LogP contribution in [0.15, 0.2) is 65.7 Å². The van der Waals surface area contributed by atoms with Crippen LogP contribution in [0.25, 0.3) is 0 Å². The summed E-state index contributed by atoms with van der Waals surface area (Å²) in [5, 5.41) is 0. The van der Waals surface area contributed by atoms with Gasteiger partial charge in [-0.1, -0.05) is 60.7 Å². The van der Waals surface area contributed by atoms with E-state index in [2.05, 4.69) is 4.99 Å². The summed E-state index contributed by atoms with van der Waals surface area (Å²) in [6.45, 7) is 0. The van der Waals surface area contributed by atoms with Crippen molar-refractivity contribution in [2.45, 2.75) is 12.8 Å². The van der Waals surface area contributed by atoms with E-state index in [9.17, 15) is 9.59 Å². The van der Waals surface area contributed by atoms with Crippen LogP contribution < -0.4 is 0 Å². The molecule has 1 amide bonds. The van der Waals surface area contributed by atoms with E-state index >= 15 is 0 Å². The summed E-state index contributed by atoms with van der Waals surface area (Å²) in [6.07, 6.45) is 0.435. The number of aliphatic imine (C=N–C) groups is 1. The summed E-state index contributed by atoms with van der Waals surface area (Å²) >= 11 is 0. The molecule has 2 aromatic rings. The zero-order valence-electron chi connectivity index (χ0n) is 12.4. The fraction of sp³-hybridized carbons (Fsp3) is 0.167. The Morgan fingerprint density at radius 1 is 0.864 bits per heavy atom. The molecule has 0 aromatic heterocycles. The van der Waals surface area contributed by atoms with Crippen molar-refractivity contribution < 1.29 is 14.3 Å². The van der Waals surface area contributed by atoms with E-state index in [1.807, 2.05) is 60.7 Å². The van der Waals surface area contributed by atoms with Gasteiger partial charge in [0.05, 0.1) is 13.5 Å². The van der Waals surface area contributed by atoms with Gasteiger partial charge in [-0.3, -0.25) is 4.79 Å². The smallest absolute Gasteiger partial charge is 0.352 e. The highest BCUT2D eigenvalue weighted by Crippen LogP contribution is 2.05. The third kappa shape index (κ3) is 4.66. The van der Waals surface area contributed by atoms with Gasteiger partial charge in [-0.05, 0) is 11.1 Å². The van der Waals surface area contributed by atoms with E-state index in [0.717, 1.165) is 11.1 Å². The van der Waals surface area contributed by atoms with Crippen molar-refractivity contribution in [3.8, 4) is 0 Å². The average Bonchev–Trinajstić information content (AvgIpc) is 2.55. The Morgan fingerprint density at radius 2 is 1.36 bits per heavy atom. The highest BCUT2D eigenvalue weighted by Gasteiger charge is 2.15. The molecule has 2 rings (SSSR count). The number of rotatable bonds is 5. The molecule has 0 bridgehead atoms. The highest BCUT2D eigenvalue weighted by molar-refractivity contribution is 6.38. The molecule has 22 heavy (non-hydrogen) atoms. The average molecular weight is 295 g/mol. The van der Waals surface area contributed by atoms with Gasteiger partial charge in [0, 0.05) is 6.42 Å². The summed E-state index contributed by atoms with van der Waals surface area (Å²) in [5.74, 6) is -0.937. The maximum Gasteiger partial charge on any atom is 0.352 e. The van der Waals surface area contributed by atoms with Gasteiger partial charge in [-0.15, -0.1) is 0 Å². The van der Waals surface area contributed by atoms with Gasteiger partial charge in [-0.25, -0.2) is 9.79 Å². The number of benzene rings is 2. The van der Waals surface area contributed by atoms with Crippen molar-refractivity contribution >= 4 is 17.6 Å². The molecule has 4 nitrogen and oxygen atoms in total. The largest absolute Gasteiger partial charge is 0.465 e. The van der Waals surface area contributed by atoms with E-state index in [1.165, 1.54) is 7.11 Å². The second-order valence-electron chi connectivity index (χ2n) is 4.77. The number of amides is 1. The van der Waals surface area contributed by atoms with Gasteiger partial charge in [0.25, 0.3) is 5.91 Å². The monoisotopic (exact) mass is 295 g/mol. The number of hydrogen-bond acceptors (Lipinski definition) is 3. The molecular weight excluding hydrogens is 278 g/mol. The minimum absolute atomic E-state index is 0.120. The molecule has 0 radical (unpaired) electrons.